The second-order valence-electron chi connectivity index (χ2n) is 7.92. The number of nitro groups is 1. The molecule has 0 amide bonds. The molecule has 0 unspecified atom stereocenters. The predicted molar refractivity (Wildman–Crippen MR) is 127 cm³/mol. The van der Waals surface area contributed by atoms with Crippen molar-refractivity contribution in [2.24, 2.45) is 4.99 Å². The Kier molecular flexibility index (Phi) is 4.28. The Morgan fingerprint density at radius 3 is 2.41 bits per heavy atom. The zero-order chi connectivity index (χ0) is 23.4. The van der Waals surface area contributed by atoms with Gasteiger partial charge in [0.1, 0.15) is 16.8 Å². The molecule has 2 aliphatic rings. The molecule has 0 atom stereocenters. The number of hydrogen-bond acceptors (Lipinski definition) is 7. The fourth-order valence-electron chi connectivity index (χ4n) is 4.22. The first-order valence-electron chi connectivity index (χ1n) is 10.5. The lowest BCUT2D eigenvalue weighted by Gasteiger charge is -2.12. The zero-order valence-electron chi connectivity index (χ0n) is 17.8. The van der Waals surface area contributed by atoms with Crippen LogP contribution in [0, 0.1) is 17.0 Å². The standard InChI is InChI=1S/C26H15N3O5/c1-14-12-23(30)34-20-10-11-21-26(24(14)20)28-25-18-5-3-2-4-17(18)19(13-22(25)33-21)27-15-6-8-16(9-7-15)29(31)32/h2-13H,1H3. The summed E-state index contributed by atoms with van der Waals surface area (Å²) in [5, 5.41) is 14.0. The van der Waals surface area contributed by atoms with Crippen LogP contribution in [0.15, 0.2) is 91.4 Å². The topological polar surface area (TPSA) is 112 Å². The minimum Gasteiger partial charge on any atom is -0.453 e. The summed E-state index contributed by atoms with van der Waals surface area (Å²) in [7, 11) is 0. The summed E-state index contributed by atoms with van der Waals surface area (Å²) in [6, 6.07) is 20.5. The summed E-state index contributed by atoms with van der Waals surface area (Å²) in [5.74, 6) is 0.543. The van der Waals surface area contributed by atoms with Crippen molar-refractivity contribution < 1.29 is 13.8 Å². The Morgan fingerprint density at radius 1 is 0.912 bits per heavy atom. The molecular weight excluding hydrogens is 434 g/mol. The first kappa shape index (κ1) is 19.8. The molecule has 1 aromatic heterocycles. The van der Waals surface area contributed by atoms with Crippen molar-refractivity contribution in [3.05, 3.63) is 104 Å². The molecule has 0 radical (unpaired) electrons. The van der Waals surface area contributed by atoms with Crippen molar-refractivity contribution in [2.75, 3.05) is 0 Å². The maximum Gasteiger partial charge on any atom is 0.336 e. The summed E-state index contributed by atoms with van der Waals surface area (Å²) < 4.78 is 11.6. The summed E-state index contributed by atoms with van der Waals surface area (Å²) >= 11 is 0. The summed E-state index contributed by atoms with van der Waals surface area (Å²) in [4.78, 5) is 32.0. The van der Waals surface area contributed by atoms with Gasteiger partial charge in [-0.25, -0.2) is 14.8 Å². The van der Waals surface area contributed by atoms with E-state index in [1.54, 1.807) is 24.3 Å². The molecule has 1 aliphatic heterocycles. The van der Waals surface area contributed by atoms with Gasteiger partial charge in [-0.1, -0.05) is 24.3 Å². The number of nitro benzene ring substituents is 1. The van der Waals surface area contributed by atoms with Gasteiger partial charge in [0.2, 0.25) is 0 Å². The normalized spacial score (nSPS) is 12.2. The zero-order valence-corrected chi connectivity index (χ0v) is 17.8. The average molecular weight is 449 g/mol. The van der Waals surface area contributed by atoms with Gasteiger partial charge in [-0.15, -0.1) is 0 Å². The van der Waals surface area contributed by atoms with Gasteiger partial charge in [0.05, 0.1) is 21.4 Å². The lowest BCUT2D eigenvalue weighted by atomic mass is 10.0. The summed E-state index contributed by atoms with van der Waals surface area (Å²) in [5.41, 5.74) is 3.20. The molecule has 1 aliphatic carbocycles. The number of benzene rings is 4. The quantitative estimate of drug-likeness (QED) is 0.111. The Balaban J connectivity index is 1.68. The van der Waals surface area contributed by atoms with Gasteiger partial charge in [0, 0.05) is 35.0 Å². The van der Waals surface area contributed by atoms with Crippen molar-refractivity contribution >= 4 is 44.2 Å². The van der Waals surface area contributed by atoms with Crippen LogP contribution in [0.25, 0.3) is 44.3 Å². The van der Waals surface area contributed by atoms with Crippen LogP contribution >= 0.6 is 0 Å². The van der Waals surface area contributed by atoms with Crippen LogP contribution < -0.4 is 11.0 Å². The first-order chi connectivity index (χ1) is 16.5. The van der Waals surface area contributed by atoms with E-state index in [1.165, 1.54) is 18.2 Å². The second-order valence-corrected chi connectivity index (χ2v) is 7.92. The molecule has 4 aromatic rings. The third-order valence-corrected chi connectivity index (χ3v) is 5.75. The van der Waals surface area contributed by atoms with Crippen LogP contribution in [0.4, 0.5) is 11.4 Å². The molecular formula is C26H15N3O5. The first-order valence-corrected chi connectivity index (χ1v) is 10.5. The number of rotatable bonds is 2. The van der Waals surface area contributed by atoms with E-state index >= 15 is 0 Å². The molecule has 0 fully saturated rings. The minimum absolute atomic E-state index is 0.00587. The van der Waals surface area contributed by atoms with Gasteiger partial charge in [-0.3, -0.25) is 10.1 Å². The van der Waals surface area contributed by atoms with Crippen LogP contribution in [0.3, 0.4) is 0 Å². The Hall–Kier alpha value is -4.85. The highest BCUT2D eigenvalue weighted by atomic mass is 16.6. The van der Waals surface area contributed by atoms with Crippen LogP contribution in [-0.2, 0) is 0 Å². The van der Waals surface area contributed by atoms with E-state index in [-0.39, 0.29) is 5.69 Å². The number of aromatic nitrogens is 1. The maximum atomic E-state index is 11.8. The van der Waals surface area contributed by atoms with E-state index in [9.17, 15) is 14.9 Å². The van der Waals surface area contributed by atoms with Crippen LogP contribution in [0.1, 0.15) is 5.56 Å². The molecule has 0 saturated carbocycles. The third-order valence-electron chi connectivity index (χ3n) is 5.75. The number of fused-ring (bicyclic) bond motifs is 6. The Bertz CT molecular complexity index is 1870. The minimum atomic E-state index is -0.443. The van der Waals surface area contributed by atoms with E-state index in [0.717, 1.165) is 21.7 Å². The second kappa shape index (κ2) is 7.35. The van der Waals surface area contributed by atoms with E-state index in [2.05, 4.69) is 0 Å². The molecule has 2 heterocycles. The SMILES string of the molecule is Cc1cc(=O)oc2ccc3oc4cc(=Nc5ccc([N+](=O)[O-])cc5)c5ccccc5c-4nc3c12. The number of non-ortho nitro benzene ring substituents is 1. The molecule has 0 bridgehead atoms. The van der Waals surface area contributed by atoms with Crippen molar-refractivity contribution in [3.63, 3.8) is 0 Å². The molecule has 8 nitrogen and oxygen atoms in total. The van der Waals surface area contributed by atoms with Crippen LogP contribution in [0.5, 0.6) is 0 Å². The van der Waals surface area contributed by atoms with Crippen molar-refractivity contribution in [2.45, 2.75) is 6.92 Å². The van der Waals surface area contributed by atoms with Gasteiger partial charge in [-0.05, 0) is 36.8 Å². The molecule has 34 heavy (non-hydrogen) atoms. The highest BCUT2D eigenvalue weighted by Gasteiger charge is 2.17. The molecule has 0 saturated heterocycles. The fraction of sp³-hybridized carbons (Fsp3) is 0.0385. The Morgan fingerprint density at radius 2 is 1.65 bits per heavy atom. The molecule has 8 heteroatoms. The molecule has 6 rings (SSSR count). The van der Waals surface area contributed by atoms with Crippen molar-refractivity contribution in [1.29, 1.82) is 0 Å². The van der Waals surface area contributed by atoms with Gasteiger partial charge in [0.25, 0.3) is 5.69 Å². The fourth-order valence-corrected chi connectivity index (χ4v) is 4.22. The monoisotopic (exact) mass is 449 g/mol. The lowest BCUT2D eigenvalue weighted by molar-refractivity contribution is -0.384. The molecule has 0 spiro atoms. The van der Waals surface area contributed by atoms with Gasteiger partial charge in [0.15, 0.2) is 11.3 Å². The number of aryl methyl sites for hydroxylation is 1. The Labute approximate surface area is 190 Å². The largest absolute Gasteiger partial charge is 0.453 e. The average Bonchev–Trinajstić information content (AvgIpc) is 2.83. The van der Waals surface area contributed by atoms with E-state index in [1.807, 2.05) is 37.3 Å². The molecule has 164 valence electrons. The van der Waals surface area contributed by atoms with Gasteiger partial charge < -0.3 is 8.83 Å². The third kappa shape index (κ3) is 3.12. The number of hydrogen-bond donors (Lipinski definition) is 0. The van der Waals surface area contributed by atoms with E-state index in [4.69, 9.17) is 18.8 Å². The van der Waals surface area contributed by atoms with Crippen molar-refractivity contribution in [1.82, 2.24) is 4.98 Å². The summed E-state index contributed by atoms with van der Waals surface area (Å²) in [6.45, 7) is 1.84. The molecule has 3 aromatic carbocycles. The maximum absolute atomic E-state index is 11.8. The number of nitrogens with zero attached hydrogens (tertiary/aromatic N) is 3. The smallest absolute Gasteiger partial charge is 0.336 e. The van der Waals surface area contributed by atoms with Crippen LogP contribution in [0.2, 0.25) is 0 Å². The lowest BCUT2D eigenvalue weighted by Crippen LogP contribution is -2.06. The van der Waals surface area contributed by atoms with Gasteiger partial charge in [-0.2, -0.15) is 0 Å². The van der Waals surface area contributed by atoms with E-state index < -0.39 is 10.5 Å². The molecule has 0 N–H and O–H groups in total. The van der Waals surface area contributed by atoms with Crippen molar-refractivity contribution in [3.8, 4) is 11.5 Å². The predicted octanol–water partition coefficient (Wildman–Crippen LogP) is 5.64. The summed E-state index contributed by atoms with van der Waals surface area (Å²) in [6.07, 6.45) is 0. The highest BCUT2D eigenvalue weighted by molar-refractivity contribution is 6.05. The van der Waals surface area contributed by atoms with Gasteiger partial charge >= 0.3 is 5.63 Å². The van der Waals surface area contributed by atoms with E-state index in [0.29, 0.717) is 39.2 Å². The van der Waals surface area contributed by atoms with Crippen LogP contribution in [-0.4, -0.2) is 9.91 Å². The highest BCUT2D eigenvalue weighted by Crippen LogP contribution is 2.34.